The Balaban J connectivity index is 1.74. The van der Waals surface area contributed by atoms with Gasteiger partial charge in [-0.2, -0.15) is 5.10 Å². The number of ether oxygens (including phenoxy) is 1. The van der Waals surface area contributed by atoms with Crippen LogP contribution in [0.1, 0.15) is 47.1 Å². The van der Waals surface area contributed by atoms with Crippen LogP contribution >= 0.6 is 0 Å². The van der Waals surface area contributed by atoms with Gasteiger partial charge in [0.1, 0.15) is 11.4 Å². The number of nitrogen functional groups attached to an aromatic ring is 1. The second-order valence-electron chi connectivity index (χ2n) is 7.25. The van der Waals surface area contributed by atoms with Gasteiger partial charge in [0, 0.05) is 30.0 Å². The number of hydrogen-bond acceptors (Lipinski definition) is 6. The molecule has 3 N–H and O–H groups in total. The summed E-state index contributed by atoms with van der Waals surface area (Å²) in [4.78, 5) is 26.9. The van der Waals surface area contributed by atoms with Crippen molar-refractivity contribution in [2.24, 2.45) is 0 Å². The first-order valence-corrected chi connectivity index (χ1v) is 10.7. The van der Waals surface area contributed by atoms with Gasteiger partial charge in [0.2, 0.25) is 0 Å². The number of carbonyl (C=O) groups excluding carboxylic acids is 2. The van der Waals surface area contributed by atoms with Crippen LogP contribution in [0.5, 0.6) is 0 Å². The second kappa shape index (κ2) is 10.00. The van der Waals surface area contributed by atoms with Gasteiger partial charge < -0.3 is 20.7 Å². The van der Waals surface area contributed by atoms with Crippen molar-refractivity contribution >= 4 is 29.1 Å². The highest BCUT2D eigenvalue weighted by atomic mass is 16.5. The number of carbonyl (C=O) groups is 2. The highest BCUT2D eigenvalue weighted by molar-refractivity contribution is 6.04. The number of nitrogens with zero attached hydrogens (tertiary/aromatic N) is 3. The lowest BCUT2D eigenvalue weighted by molar-refractivity contribution is 0.0527. The molecule has 0 radical (unpaired) electrons. The summed E-state index contributed by atoms with van der Waals surface area (Å²) in [5, 5.41) is 7.13. The summed E-state index contributed by atoms with van der Waals surface area (Å²) in [6.45, 7) is 10.0. The smallest absolute Gasteiger partial charge is 0.343 e. The highest BCUT2D eigenvalue weighted by Gasteiger charge is 2.17. The molecule has 3 aromatic rings. The minimum absolute atomic E-state index is 0.185. The van der Waals surface area contributed by atoms with Crippen molar-refractivity contribution in [2.75, 3.05) is 35.6 Å². The van der Waals surface area contributed by atoms with Gasteiger partial charge in [0.15, 0.2) is 0 Å². The van der Waals surface area contributed by atoms with Crippen molar-refractivity contribution in [3.63, 3.8) is 0 Å². The zero-order valence-electron chi connectivity index (χ0n) is 18.9. The van der Waals surface area contributed by atoms with E-state index in [4.69, 9.17) is 10.5 Å². The van der Waals surface area contributed by atoms with Gasteiger partial charge >= 0.3 is 5.97 Å². The number of hydrogen-bond donors (Lipinski definition) is 2. The summed E-state index contributed by atoms with van der Waals surface area (Å²) < 4.78 is 6.41. The molecule has 1 aromatic heterocycles. The quantitative estimate of drug-likeness (QED) is 0.518. The van der Waals surface area contributed by atoms with Gasteiger partial charge in [-0.25, -0.2) is 9.48 Å². The molecule has 0 saturated heterocycles. The maximum atomic E-state index is 12.7. The van der Waals surface area contributed by atoms with Crippen molar-refractivity contribution in [3.8, 4) is 5.69 Å². The predicted molar refractivity (Wildman–Crippen MR) is 127 cm³/mol. The first-order chi connectivity index (χ1) is 15.4. The molecule has 0 bridgehead atoms. The van der Waals surface area contributed by atoms with Crippen LogP contribution in [0.3, 0.4) is 0 Å². The fourth-order valence-electron chi connectivity index (χ4n) is 3.45. The zero-order chi connectivity index (χ0) is 23.3. The van der Waals surface area contributed by atoms with Crippen molar-refractivity contribution < 1.29 is 14.3 Å². The summed E-state index contributed by atoms with van der Waals surface area (Å²) >= 11 is 0. The molecule has 1 amide bonds. The molecule has 3 rings (SSSR count). The lowest BCUT2D eigenvalue weighted by Gasteiger charge is -2.22. The van der Waals surface area contributed by atoms with Gasteiger partial charge in [-0.1, -0.05) is 0 Å². The molecule has 0 saturated carbocycles. The molecule has 0 atom stereocenters. The molecule has 2 aromatic carbocycles. The van der Waals surface area contributed by atoms with Crippen LogP contribution in [-0.4, -0.2) is 41.4 Å². The summed E-state index contributed by atoms with van der Waals surface area (Å²) in [5.41, 5.74) is 10.3. The van der Waals surface area contributed by atoms with Crippen LogP contribution in [0.2, 0.25) is 0 Å². The maximum Gasteiger partial charge on any atom is 0.343 e. The van der Waals surface area contributed by atoms with Crippen molar-refractivity contribution in [3.05, 3.63) is 65.4 Å². The average molecular weight is 436 g/mol. The molecule has 32 heavy (non-hydrogen) atoms. The number of anilines is 3. The van der Waals surface area contributed by atoms with E-state index in [0.717, 1.165) is 30.0 Å². The summed E-state index contributed by atoms with van der Waals surface area (Å²) in [6, 6.07) is 12.8. The molecule has 8 heteroatoms. The molecule has 0 spiro atoms. The number of nitrogens with one attached hydrogen (secondary N) is 1. The normalized spacial score (nSPS) is 10.6. The Hall–Kier alpha value is -3.81. The van der Waals surface area contributed by atoms with Crippen LogP contribution in [0, 0.1) is 6.92 Å². The van der Waals surface area contributed by atoms with Crippen molar-refractivity contribution in [1.82, 2.24) is 9.78 Å². The molecule has 0 aliphatic heterocycles. The average Bonchev–Trinajstić information content (AvgIpc) is 3.18. The third-order valence-corrected chi connectivity index (χ3v) is 5.26. The first-order valence-electron chi connectivity index (χ1n) is 10.7. The standard InChI is InChI=1S/C24H29N5O3/c1-5-28(6-2)19-12-13-21(16(4)14-19)27-23(30)17-8-10-18(11-9-17)29-22(25)20(15-26-29)24(31)32-7-3/h8-15H,5-7,25H2,1-4H3,(H,27,30). The Bertz CT molecular complexity index is 1100. The summed E-state index contributed by atoms with van der Waals surface area (Å²) in [7, 11) is 0. The van der Waals surface area contributed by atoms with Crippen LogP contribution in [0.15, 0.2) is 48.7 Å². The zero-order valence-corrected chi connectivity index (χ0v) is 18.9. The number of amides is 1. The van der Waals surface area contributed by atoms with E-state index in [-0.39, 0.29) is 23.9 Å². The lowest BCUT2D eigenvalue weighted by atomic mass is 10.1. The van der Waals surface area contributed by atoms with Gasteiger partial charge in [-0.05, 0) is 75.7 Å². The Morgan fingerprint density at radius 3 is 2.38 bits per heavy atom. The summed E-state index contributed by atoms with van der Waals surface area (Å²) in [5.74, 6) is -0.546. The Labute approximate surface area is 188 Å². The molecule has 0 aliphatic rings. The lowest BCUT2D eigenvalue weighted by Crippen LogP contribution is -2.22. The van der Waals surface area contributed by atoms with E-state index in [1.54, 1.807) is 31.2 Å². The van der Waals surface area contributed by atoms with E-state index in [0.29, 0.717) is 11.3 Å². The van der Waals surface area contributed by atoms with E-state index in [1.807, 2.05) is 19.1 Å². The number of rotatable bonds is 8. The summed E-state index contributed by atoms with van der Waals surface area (Å²) in [6.07, 6.45) is 1.37. The SMILES string of the molecule is CCOC(=O)c1cnn(-c2ccc(C(=O)Nc3ccc(N(CC)CC)cc3C)cc2)c1N. The number of benzene rings is 2. The van der Waals surface area contributed by atoms with E-state index in [2.05, 4.69) is 35.2 Å². The topological polar surface area (TPSA) is 102 Å². The van der Waals surface area contributed by atoms with Crippen LogP contribution in [0.25, 0.3) is 5.69 Å². The third kappa shape index (κ3) is 4.74. The molecule has 0 fully saturated rings. The monoisotopic (exact) mass is 435 g/mol. The van der Waals surface area contributed by atoms with E-state index in [1.165, 1.54) is 10.9 Å². The molecule has 0 aliphatic carbocycles. The van der Waals surface area contributed by atoms with E-state index in [9.17, 15) is 9.59 Å². The first kappa shape index (κ1) is 22.9. The van der Waals surface area contributed by atoms with Crippen LogP contribution < -0.4 is 16.0 Å². The van der Waals surface area contributed by atoms with Gasteiger partial charge in [-0.15, -0.1) is 0 Å². The number of esters is 1. The Morgan fingerprint density at radius 1 is 1.09 bits per heavy atom. The molecular formula is C24H29N5O3. The van der Waals surface area contributed by atoms with E-state index < -0.39 is 5.97 Å². The third-order valence-electron chi connectivity index (χ3n) is 5.26. The van der Waals surface area contributed by atoms with Crippen molar-refractivity contribution in [2.45, 2.75) is 27.7 Å². The molecule has 0 unspecified atom stereocenters. The minimum atomic E-state index is -0.519. The predicted octanol–water partition coefficient (Wildman–Crippen LogP) is 4.04. The molecule has 1 heterocycles. The fourth-order valence-corrected chi connectivity index (χ4v) is 3.45. The Kier molecular flexibility index (Phi) is 7.14. The van der Waals surface area contributed by atoms with Crippen LogP contribution in [-0.2, 0) is 4.74 Å². The maximum absolute atomic E-state index is 12.7. The van der Waals surface area contributed by atoms with Gasteiger partial charge in [-0.3, -0.25) is 4.79 Å². The van der Waals surface area contributed by atoms with Crippen LogP contribution in [0.4, 0.5) is 17.2 Å². The van der Waals surface area contributed by atoms with Crippen molar-refractivity contribution in [1.29, 1.82) is 0 Å². The van der Waals surface area contributed by atoms with E-state index >= 15 is 0 Å². The minimum Gasteiger partial charge on any atom is -0.462 e. The highest BCUT2D eigenvalue weighted by Crippen LogP contribution is 2.24. The molecular weight excluding hydrogens is 406 g/mol. The fraction of sp³-hybridized carbons (Fsp3) is 0.292. The number of nitrogens with two attached hydrogens (primary N) is 1. The Morgan fingerprint density at radius 2 is 1.78 bits per heavy atom. The number of aryl methyl sites for hydroxylation is 1. The number of aromatic nitrogens is 2. The largest absolute Gasteiger partial charge is 0.462 e. The molecule has 168 valence electrons. The van der Waals surface area contributed by atoms with Gasteiger partial charge in [0.05, 0.1) is 18.5 Å². The second-order valence-corrected chi connectivity index (χ2v) is 7.25. The van der Waals surface area contributed by atoms with Gasteiger partial charge in [0.25, 0.3) is 5.91 Å². The molecule has 8 nitrogen and oxygen atoms in total.